The third-order valence-corrected chi connectivity index (χ3v) is 7.22. The Morgan fingerprint density at radius 3 is 2.61 bits per heavy atom. The fraction of sp³-hybridized carbons (Fsp3) is 0.324. The molecule has 4 nitrogen and oxygen atoms in total. The first kappa shape index (κ1) is 30.0. The molecule has 1 aliphatic heterocycles. The number of hydrogen-bond donors (Lipinski definition) is 1. The van der Waals surface area contributed by atoms with Crippen molar-refractivity contribution in [2.45, 2.75) is 59.2 Å². The van der Waals surface area contributed by atoms with Gasteiger partial charge in [-0.25, -0.2) is 5.01 Å². The van der Waals surface area contributed by atoms with Gasteiger partial charge in [-0.3, -0.25) is 0 Å². The van der Waals surface area contributed by atoms with Crippen LogP contribution < -0.4 is 5.32 Å². The van der Waals surface area contributed by atoms with Crippen molar-refractivity contribution in [2.75, 3.05) is 18.9 Å². The van der Waals surface area contributed by atoms with Crippen molar-refractivity contribution < 1.29 is 13.2 Å². The van der Waals surface area contributed by atoms with Crippen molar-refractivity contribution in [3.05, 3.63) is 106 Å². The fourth-order valence-electron chi connectivity index (χ4n) is 4.83. The number of anilines is 1. The van der Waals surface area contributed by atoms with Gasteiger partial charge in [-0.2, -0.15) is 18.3 Å². The number of halogens is 3. The first-order valence-electron chi connectivity index (χ1n) is 14.0. The van der Waals surface area contributed by atoms with Crippen molar-refractivity contribution in [2.24, 2.45) is 5.10 Å². The summed E-state index contributed by atoms with van der Waals surface area (Å²) in [6, 6.07) is 10.6. The summed E-state index contributed by atoms with van der Waals surface area (Å²) >= 11 is 0. The topological polar surface area (TPSA) is 30.9 Å². The van der Waals surface area contributed by atoms with Gasteiger partial charge in [-0.1, -0.05) is 43.7 Å². The third kappa shape index (κ3) is 7.39. The molecule has 1 heterocycles. The Bertz CT molecular complexity index is 1480. The Morgan fingerprint density at radius 1 is 1.20 bits per heavy atom. The molecule has 2 aliphatic rings. The average molecular weight is 559 g/mol. The molecule has 0 saturated heterocycles. The summed E-state index contributed by atoms with van der Waals surface area (Å²) in [5.74, 6) is 6.50. The lowest BCUT2D eigenvalue weighted by atomic mass is 9.87. The van der Waals surface area contributed by atoms with Gasteiger partial charge in [0.15, 0.2) is 0 Å². The van der Waals surface area contributed by atoms with Crippen molar-refractivity contribution in [3.8, 4) is 11.8 Å². The normalized spacial score (nSPS) is 15.1. The predicted molar refractivity (Wildman–Crippen MR) is 163 cm³/mol. The summed E-state index contributed by atoms with van der Waals surface area (Å²) in [7, 11) is 1.85. The maximum Gasteiger partial charge on any atom is 0.416 e. The van der Waals surface area contributed by atoms with Crippen molar-refractivity contribution in [1.82, 2.24) is 9.91 Å². The summed E-state index contributed by atoms with van der Waals surface area (Å²) in [5.41, 5.74) is 6.34. The number of alkyl halides is 3. The molecule has 0 aromatic heterocycles. The lowest BCUT2D eigenvalue weighted by Crippen LogP contribution is -2.21. The van der Waals surface area contributed by atoms with Gasteiger partial charge in [0, 0.05) is 29.7 Å². The van der Waals surface area contributed by atoms with E-state index in [9.17, 15) is 13.2 Å². The van der Waals surface area contributed by atoms with E-state index in [-0.39, 0.29) is 12.1 Å². The van der Waals surface area contributed by atoms with Gasteiger partial charge < -0.3 is 10.2 Å². The highest BCUT2D eigenvalue weighted by molar-refractivity contribution is 5.81. The second-order valence-electron chi connectivity index (χ2n) is 10.4. The molecule has 0 bridgehead atoms. The molecule has 214 valence electrons. The van der Waals surface area contributed by atoms with Crippen LogP contribution in [0.2, 0.25) is 0 Å². The Kier molecular flexibility index (Phi) is 9.57. The quantitative estimate of drug-likeness (QED) is 0.330. The van der Waals surface area contributed by atoms with E-state index in [2.05, 4.69) is 28.8 Å². The Hall–Kier alpha value is -4.02. The minimum atomic E-state index is -4.44. The lowest BCUT2D eigenvalue weighted by Gasteiger charge is -2.25. The van der Waals surface area contributed by atoms with E-state index in [0.29, 0.717) is 11.4 Å². The first-order chi connectivity index (χ1) is 19.6. The van der Waals surface area contributed by atoms with Gasteiger partial charge in [0.05, 0.1) is 11.3 Å². The van der Waals surface area contributed by atoms with E-state index in [1.165, 1.54) is 11.6 Å². The number of allylic oxidation sites excluding steroid dienone is 5. The van der Waals surface area contributed by atoms with Crippen LogP contribution in [0.3, 0.4) is 0 Å². The number of hydrazone groups is 1. The smallest absolute Gasteiger partial charge is 0.355 e. The molecule has 1 aliphatic carbocycles. The molecular weight excluding hydrogens is 521 g/mol. The highest BCUT2D eigenvalue weighted by Crippen LogP contribution is 2.38. The Balaban J connectivity index is 1.66. The zero-order chi connectivity index (χ0) is 29.6. The minimum absolute atomic E-state index is 0.247. The van der Waals surface area contributed by atoms with Crippen molar-refractivity contribution in [3.63, 3.8) is 0 Å². The molecular formula is C34H37F3N4. The number of benzene rings is 2. The number of nitrogens with zero attached hydrogens (tertiary/aromatic N) is 3. The van der Waals surface area contributed by atoms with Gasteiger partial charge in [0.1, 0.15) is 5.70 Å². The molecule has 0 radical (unpaired) electrons. The molecule has 1 N–H and O–H groups in total. The molecule has 0 amide bonds. The van der Waals surface area contributed by atoms with E-state index in [1.54, 1.807) is 23.4 Å². The van der Waals surface area contributed by atoms with Gasteiger partial charge in [-0.05, 0) is 112 Å². The molecule has 4 rings (SSSR count). The second kappa shape index (κ2) is 13.1. The molecule has 1 fully saturated rings. The average Bonchev–Trinajstić information content (AvgIpc) is 2.90. The number of nitrogens with one attached hydrogen (secondary N) is 1. The van der Waals surface area contributed by atoms with Crippen LogP contribution in [0.4, 0.5) is 18.9 Å². The summed E-state index contributed by atoms with van der Waals surface area (Å²) in [4.78, 5) is 1.91. The predicted octanol–water partition coefficient (Wildman–Crippen LogP) is 8.49. The monoisotopic (exact) mass is 558 g/mol. The van der Waals surface area contributed by atoms with Crippen LogP contribution in [0.15, 0.2) is 83.3 Å². The van der Waals surface area contributed by atoms with E-state index < -0.39 is 11.7 Å². The number of hydrogen-bond acceptors (Lipinski definition) is 4. The van der Waals surface area contributed by atoms with Gasteiger partial charge >= 0.3 is 6.18 Å². The molecule has 2 aromatic rings. The molecule has 0 spiro atoms. The summed E-state index contributed by atoms with van der Waals surface area (Å²) in [6.45, 7) is 10.9. The second-order valence-corrected chi connectivity index (χ2v) is 10.4. The number of rotatable bonds is 8. The fourth-order valence-corrected chi connectivity index (χ4v) is 4.83. The number of aryl methyl sites for hydroxylation is 1. The third-order valence-electron chi connectivity index (χ3n) is 7.22. The minimum Gasteiger partial charge on any atom is -0.355 e. The van der Waals surface area contributed by atoms with Gasteiger partial charge in [-0.15, -0.1) is 0 Å². The molecule has 0 unspecified atom stereocenters. The lowest BCUT2D eigenvalue weighted by molar-refractivity contribution is -0.138. The van der Waals surface area contributed by atoms with Crippen LogP contribution >= 0.6 is 0 Å². The van der Waals surface area contributed by atoms with Crippen LogP contribution in [-0.4, -0.2) is 29.7 Å². The highest BCUT2D eigenvalue weighted by Gasteiger charge is 2.34. The van der Waals surface area contributed by atoms with Gasteiger partial charge in [0.2, 0.25) is 0 Å². The first-order valence-corrected chi connectivity index (χ1v) is 14.0. The highest BCUT2D eigenvalue weighted by atomic mass is 19.4. The molecule has 41 heavy (non-hydrogen) atoms. The van der Waals surface area contributed by atoms with Crippen LogP contribution in [0.5, 0.6) is 0 Å². The zero-order valence-corrected chi connectivity index (χ0v) is 24.2. The van der Waals surface area contributed by atoms with Gasteiger partial charge in [0.25, 0.3) is 0 Å². The standard InChI is InChI=1S/C34H37F3N4/c1-6-20-40(5)23-29-15-17-30(22-32(29)34(35,36)37)39-33(26-11-8-12-26)28-14-13-24(3)27(21-28)16-18-31(7-2)41-25(4)10-9-19-38-41/h7,9-10,13-15,17,19,21-22,39H,4,6,8,11-12,20,23H2,1-3,5H3/b31-7-. The Morgan fingerprint density at radius 2 is 1.98 bits per heavy atom. The molecule has 1 saturated carbocycles. The van der Waals surface area contributed by atoms with Crippen LogP contribution in [-0.2, 0) is 12.7 Å². The van der Waals surface area contributed by atoms with Crippen molar-refractivity contribution in [1.29, 1.82) is 0 Å². The molecule has 0 atom stereocenters. The van der Waals surface area contributed by atoms with E-state index >= 15 is 0 Å². The Labute approximate surface area is 241 Å². The van der Waals surface area contributed by atoms with E-state index in [4.69, 9.17) is 0 Å². The van der Waals surface area contributed by atoms with Crippen LogP contribution in [0.1, 0.15) is 67.3 Å². The zero-order valence-electron chi connectivity index (χ0n) is 24.2. The summed E-state index contributed by atoms with van der Waals surface area (Å²) < 4.78 is 42.3. The maximum atomic E-state index is 14.1. The van der Waals surface area contributed by atoms with Crippen LogP contribution in [0.25, 0.3) is 5.70 Å². The van der Waals surface area contributed by atoms with E-state index in [0.717, 1.165) is 60.3 Å². The van der Waals surface area contributed by atoms with Crippen molar-refractivity contribution >= 4 is 17.6 Å². The van der Waals surface area contributed by atoms with E-state index in [1.807, 2.05) is 69.1 Å². The maximum absolute atomic E-state index is 14.1. The SMILES string of the molecule is C=C1C=CC=NN1/C(C#Cc1cc(C(Nc2ccc(CN(C)CCC)c(C(F)(F)F)c2)=C2CCC2)ccc1C)=C\C. The molecule has 2 aromatic carbocycles. The largest absolute Gasteiger partial charge is 0.416 e. The summed E-state index contributed by atoms with van der Waals surface area (Å²) in [6.07, 6.45) is 6.59. The summed E-state index contributed by atoms with van der Waals surface area (Å²) in [5, 5.41) is 9.40. The molecule has 7 heteroatoms. The van der Waals surface area contributed by atoms with Crippen LogP contribution in [0, 0.1) is 18.8 Å².